The molecule has 19 heavy (non-hydrogen) atoms. The molecule has 2 rings (SSSR count). The van der Waals surface area contributed by atoms with Gasteiger partial charge in [0.15, 0.2) is 15.8 Å². The molecule has 0 amide bonds. The molecule has 0 aliphatic heterocycles. The van der Waals surface area contributed by atoms with Gasteiger partial charge in [-0.25, -0.2) is 18.1 Å². The molecule has 0 aromatic carbocycles. The number of nitrogens with one attached hydrogen (secondary N) is 2. The Kier molecular flexibility index (Phi) is 4.40. The van der Waals surface area contributed by atoms with Gasteiger partial charge in [-0.05, 0) is 6.92 Å². The molecular weight excluding hydrogens is 288 g/mol. The average Bonchev–Trinajstić information content (AvgIpc) is 2.93. The summed E-state index contributed by atoms with van der Waals surface area (Å²) in [6.45, 7) is 3.00. The highest BCUT2D eigenvalue weighted by Gasteiger charge is 2.24. The van der Waals surface area contributed by atoms with Gasteiger partial charge in [-0.15, -0.1) is 11.3 Å². The van der Waals surface area contributed by atoms with E-state index in [1.165, 1.54) is 11.3 Å². The van der Waals surface area contributed by atoms with Crippen molar-refractivity contribution in [1.82, 2.24) is 14.1 Å². The Hall–Kier alpha value is -1.16. The minimum Gasteiger partial charge on any atom is -0.380 e. The smallest absolute Gasteiger partial charge is 0.260 e. The number of aromatic nitrogens is 2. The highest BCUT2D eigenvalue weighted by molar-refractivity contribution is 7.89. The van der Waals surface area contributed by atoms with Crippen LogP contribution in [0.2, 0.25) is 0 Å². The second kappa shape index (κ2) is 5.87. The SMILES string of the molecule is CCOCCNS(=O)(=O)c1c(NC)nc2sccn12. The molecule has 0 atom stereocenters. The van der Waals surface area contributed by atoms with Crippen molar-refractivity contribution in [2.45, 2.75) is 11.9 Å². The van der Waals surface area contributed by atoms with Gasteiger partial charge in [0.05, 0.1) is 6.61 Å². The molecule has 2 heterocycles. The monoisotopic (exact) mass is 304 g/mol. The number of hydrogen-bond donors (Lipinski definition) is 2. The van der Waals surface area contributed by atoms with Gasteiger partial charge < -0.3 is 10.1 Å². The van der Waals surface area contributed by atoms with E-state index in [9.17, 15) is 8.42 Å². The van der Waals surface area contributed by atoms with Gasteiger partial charge >= 0.3 is 0 Å². The first kappa shape index (κ1) is 14.3. The first-order valence-corrected chi connectivity index (χ1v) is 8.17. The molecule has 2 N–H and O–H groups in total. The van der Waals surface area contributed by atoms with Crippen LogP contribution < -0.4 is 10.0 Å². The molecule has 9 heteroatoms. The number of hydrogen-bond acceptors (Lipinski definition) is 6. The molecule has 0 unspecified atom stereocenters. The third-order valence-electron chi connectivity index (χ3n) is 2.45. The molecule has 2 aromatic heterocycles. The minimum absolute atomic E-state index is 0.128. The fourth-order valence-corrected chi connectivity index (χ4v) is 3.71. The number of ether oxygens (including phenoxy) is 1. The number of fused-ring (bicyclic) bond motifs is 1. The van der Waals surface area contributed by atoms with E-state index in [1.54, 1.807) is 23.0 Å². The summed E-state index contributed by atoms with van der Waals surface area (Å²) in [7, 11) is -1.98. The Bertz CT molecular complexity index is 647. The molecule has 0 fully saturated rings. The summed E-state index contributed by atoms with van der Waals surface area (Å²) in [6.07, 6.45) is 1.69. The van der Waals surface area contributed by atoms with Crippen molar-refractivity contribution < 1.29 is 13.2 Å². The lowest BCUT2D eigenvalue weighted by atomic mass is 10.7. The molecule has 0 aliphatic rings. The quantitative estimate of drug-likeness (QED) is 0.738. The minimum atomic E-state index is -3.62. The van der Waals surface area contributed by atoms with Crippen LogP contribution in [0.4, 0.5) is 5.82 Å². The van der Waals surface area contributed by atoms with Gasteiger partial charge in [-0.1, -0.05) is 0 Å². The predicted octanol–water partition coefficient (Wildman–Crippen LogP) is 0.752. The van der Waals surface area contributed by atoms with Gasteiger partial charge in [0.25, 0.3) is 10.0 Å². The maximum Gasteiger partial charge on any atom is 0.260 e. The number of rotatable bonds is 7. The predicted molar refractivity (Wildman–Crippen MR) is 74.3 cm³/mol. The summed E-state index contributed by atoms with van der Waals surface area (Å²) >= 11 is 1.38. The van der Waals surface area contributed by atoms with Gasteiger partial charge in [0.1, 0.15) is 0 Å². The van der Waals surface area contributed by atoms with Crippen molar-refractivity contribution in [2.24, 2.45) is 0 Å². The Morgan fingerprint density at radius 3 is 3.00 bits per heavy atom. The number of sulfonamides is 1. The van der Waals surface area contributed by atoms with Crippen LogP contribution in [0.15, 0.2) is 16.6 Å². The molecule has 0 saturated heterocycles. The second-order valence-electron chi connectivity index (χ2n) is 3.67. The van der Waals surface area contributed by atoms with Crippen LogP contribution in [0.25, 0.3) is 4.96 Å². The second-order valence-corrected chi connectivity index (χ2v) is 6.22. The number of nitrogens with zero attached hydrogens (tertiary/aromatic N) is 2. The van der Waals surface area contributed by atoms with E-state index in [0.717, 1.165) is 0 Å². The highest BCUT2D eigenvalue weighted by Crippen LogP contribution is 2.24. The van der Waals surface area contributed by atoms with Crippen molar-refractivity contribution in [1.29, 1.82) is 0 Å². The summed E-state index contributed by atoms with van der Waals surface area (Å²) in [5.74, 6) is 0.343. The van der Waals surface area contributed by atoms with E-state index in [0.29, 0.717) is 24.0 Å². The number of anilines is 1. The van der Waals surface area contributed by atoms with E-state index in [4.69, 9.17) is 4.74 Å². The van der Waals surface area contributed by atoms with Crippen LogP contribution in [0.3, 0.4) is 0 Å². The zero-order chi connectivity index (χ0) is 13.9. The lowest BCUT2D eigenvalue weighted by molar-refractivity contribution is 0.153. The largest absolute Gasteiger partial charge is 0.380 e. The Balaban J connectivity index is 2.28. The zero-order valence-electron chi connectivity index (χ0n) is 10.7. The summed E-state index contributed by atoms with van der Waals surface area (Å²) in [4.78, 5) is 4.86. The average molecular weight is 304 g/mol. The molecule has 106 valence electrons. The van der Waals surface area contributed by atoms with Gasteiger partial charge in [-0.2, -0.15) is 0 Å². The Morgan fingerprint density at radius 1 is 1.53 bits per heavy atom. The standard InChI is InChI=1S/C10H16N4O3S2/c1-3-17-6-4-12-19(15,16)9-8(11-2)13-10-14(9)5-7-18-10/h5,7,11-12H,3-4,6H2,1-2H3. The maximum absolute atomic E-state index is 12.3. The third-order valence-corrected chi connectivity index (χ3v) is 4.69. The van der Waals surface area contributed by atoms with Crippen LogP contribution in [0, 0.1) is 0 Å². The fraction of sp³-hybridized carbons (Fsp3) is 0.500. The molecule has 0 radical (unpaired) electrons. The van der Waals surface area contributed by atoms with E-state index in [2.05, 4.69) is 15.0 Å². The van der Waals surface area contributed by atoms with Crippen molar-refractivity contribution in [3.8, 4) is 0 Å². The molecule has 0 spiro atoms. The first-order chi connectivity index (χ1) is 9.10. The summed E-state index contributed by atoms with van der Waals surface area (Å²) in [5, 5.41) is 4.72. The summed E-state index contributed by atoms with van der Waals surface area (Å²) < 4.78 is 33.7. The van der Waals surface area contributed by atoms with Crippen molar-refractivity contribution >= 4 is 32.1 Å². The topological polar surface area (TPSA) is 84.7 Å². The lowest BCUT2D eigenvalue weighted by Crippen LogP contribution is -2.29. The Labute approximate surface area is 115 Å². The van der Waals surface area contributed by atoms with Crippen molar-refractivity contribution in [3.63, 3.8) is 0 Å². The molecule has 0 bridgehead atoms. The molecule has 0 aliphatic carbocycles. The third kappa shape index (κ3) is 2.89. The van der Waals surface area contributed by atoms with Crippen LogP contribution >= 0.6 is 11.3 Å². The van der Waals surface area contributed by atoms with Crippen LogP contribution in [-0.4, -0.2) is 44.6 Å². The molecule has 7 nitrogen and oxygen atoms in total. The van der Waals surface area contributed by atoms with Crippen molar-refractivity contribution in [2.75, 3.05) is 32.1 Å². The van der Waals surface area contributed by atoms with E-state index < -0.39 is 10.0 Å². The fourth-order valence-electron chi connectivity index (χ4n) is 1.65. The molecular formula is C10H16N4O3S2. The van der Waals surface area contributed by atoms with E-state index in [1.807, 2.05) is 6.92 Å². The van der Waals surface area contributed by atoms with Gasteiger partial charge in [-0.3, -0.25) is 4.40 Å². The zero-order valence-corrected chi connectivity index (χ0v) is 12.3. The Morgan fingerprint density at radius 2 is 2.32 bits per heavy atom. The molecule has 2 aromatic rings. The van der Waals surface area contributed by atoms with Gasteiger partial charge in [0.2, 0.25) is 0 Å². The lowest BCUT2D eigenvalue weighted by Gasteiger charge is -2.07. The maximum atomic E-state index is 12.3. The van der Waals surface area contributed by atoms with Crippen LogP contribution in [0.5, 0.6) is 0 Å². The van der Waals surface area contributed by atoms with Crippen LogP contribution in [-0.2, 0) is 14.8 Å². The summed E-state index contributed by atoms with van der Waals surface area (Å²) in [5.41, 5.74) is 0. The first-order valence-electron chi connectivity index (χ1n) is 5.81. The van der Waals surface area contributed by atoms with E-state index >= 15 is 0 Å². The van der Waals surface area contributed by atoms with Crippen molar-refractivity contribution in [3.05, 3.63) is 11.6 Å². The summed E-state index contributed by atoms with van der Waals surface area (Å²) in [6, 6.07) is 0. The molecule has 0 saturated carbocycles. The normalized spacial score (nSPS) is 12.1. The highest BCUT2D eigenvalue weighted by atomic mass is 32.2. The van der Waals surface area contributed by atoms with E-state index in [-0.39, 0.29) is 11.6 Å². The number of imidazole rings is 1. The van der Waals surface area contributed by atoms with Gasteiger partial charge in [0, 0.05) is 31.8 Å². The number of thiazole rings is 1. The van der Waals surface area contributed by atoms with Crippen LogP contribution in [0.1, 0.15) is 6.92 Å².